The summed E-state index contributed by atoms with van der Waals surface area (Å²) >= 11 is 7.75. The summed E-state index contributed by atoms with van der Waals surface area (Å²) in [6.07, 6.45) is 1.70. The number of hydrogen-bond acceptors (Lipinski definition) is 3. The highest BCUT2D eigenvalue weighted by atomic mass is 35.5. The average molecular weight is 280 g/mol. The number of halogens is 1. The van der Waals surface area contributed by atoms with Crippen LogP contribution >= 0.6 is 23.4 Å². The van der Waals surface area contributed by atoms with E-state index in [0.29, 0.717) is 0 Å². The summed E-state index contributed by atoms with van der Waals surface area (Å²) < 4.78 is 1.93. The molecule has 0 fully saturated rings. The summed E-state index contributed by atoms with van der Waals surface area (Å²) in [6, 6.07) is 5.92. The fourth-order valence-corrected chi connectivity index (χ4v) is 2.37. The van der Waals surface area contributed by atoms with Crippen molar-refractivity contribution in [1.29, 1.82) is 0 Å². The van der Waals surface area contributed by atoms with Gasteiger partial charge in [-0.2, -0.15) is 0 Å². The van der Waals surface area contributed by atoms with Gasteiger partial charge in [-0.1, -0.05) is 41.6 Å². The Morgan fingerprint density at radius 2 is 2.28 bits per heavy atom. The predicted octanol–water partition coefficient (Wildman–Crippen LogP) is 3.90. The molecule has 0 radical (unpaired) electrons. The van der Waals surface area contributed by atoms with Gasteiger partial charge in [0, 0.05) is 10.8 Å². The van der Waals surface area contributed by atoms with Crippen molar-refractivity contribution in [1.82, 2.24) is 14.8 Å². The summed E-state index contributed by atoms with van der Waals surface area (Å²) in [5, 5.41) is 9.65. The Labute approximate surface area is 116 Å². The lowest BCUT2D eigenvalue weighted by Crippen LogP contribution is -1.96. The van der Waals surface area contributed by atoms with E-state index in [4.69, 9.17) is 11.6 Å². The number of aromatic nitrogens is 3. The van der Waals surface area contributed by atoms with E-state index in [1.807, 2.05) is 36.6 Å². The van der Waals surface area contributed by atoms with Crippen molar-refractivity contribution < 1.29 is 0 Å². The molecule has 0 aliphatic heterocycles. The summed E-state index contributed by atoms with van der Waals surface area (Å²) in [6.45, 7) is 7.86. The molecule has 2 rings (SSSR count). The quantitative estimate of drug-likeness (QED) is 0.628. The van der Waals surface area contributed by atoms with Crippen LogP contribution in [-0.2, 0) is 0 Å². The first kappa shape index (κ1) is 13.2. The second kappa shape index (κ2) is 5.59. The van der Waals surface area contributed by atoms with Crippen molar-refractivity contribution in [3.8, 4) is 5.69 Å². The third kappa shape index (κ3) is 2.94. The molecule has 5 heteroatoms. The van der Waals surface area contributed by atoms with E-state index in [-0.39, 0.29) is 0 Å². The van der Waals surface area contributed by atoms with E-state index in [1.54, 1.807) is 18.1 Å². The molecule has 1 aromatic carbocycles. The van der Waals surface area contributed by atoms with Crippen molar-refractivity contribution in [3.63, 3.8) is 0 Å². The minimum atomic E-state index is 0.747. The van der Waals surface area contributed by atoms with Crippen molar-refractivity contribution in [2.75, 3.05) is 5.75 Å². The van der Waals surface area contributed by atoms with Crippen LogP contribution in [0.3, 0.4) is 0 Å². The zero-order chi connectivity index (χ0) is 13.1. The summed E-state index contributed by atoms with van der Waals surface area (Å²) in [5.41, 5.74) is 3.14. The molecule has 18 heavy (non-hydrogen) atoms. The number of benzene rings is 1. The standard InChI is InChI=1S/C13H14ClN3S/c1-9(2)7-18-13-16-15-8-17(13)11-5-4-10(3)12(14)6-11/h4-6,8H,1,7H2,2-3H3. The van der Waals surface area contributed by atoms with Crippen molar-refractivity contribution in [2.45, 2.75) is 19.0 Å². The van der Waals surface area contributed by atoms with Gasteiger partial charge < -0.3 is 0 Å². The molecule has 0 unspecified atom stereocenters. The third-order valence-corrected chi connectivity index (χ3v) is 3.98. The van der Waals surface area contributed by atoms with Gasteiger partial charge in [-0.25, -0.2) is 0 Å². The molecule has 0 saturated heterocycles. The maximum absolute atomic E-state index is 6.14. The molecule has 0 spiro atoms. The number of thioether (sulfide) groups is 1. The highest BCUT2D eigenvalue weighted by Gasteiger charge is 2.08. The summed E-state index contributed by atoms with van der Waals surface area (Å²) in [4.78, 5) is 0. The molecule has 1 aromatic heterocycles. The Morgan fingerprint density at radius 3 is 2.94 bits per heavy atom. The minimum Gasteiger partial charge on any atom is -0.277 e. The zero-order valence-electron chi connectivity index (χ0n) is 10.4. The van der Waals surface area contributed by atoms with Crippen LogP contribution in [-0.4, -0.2) is 20.5 Å². The van der Waals surface area contributed by atoms with E-state index < -0.39 is 0 Å². The molecule has 2 aromatic rings. The Morgan fingerprint density at radius 1 is 1.50 bits per heavy atom. The van der Waals surface area contributed by atoms with Gasteiger partial charge in [0.25, 0.3) is 0 Å². The zero-order valence-corrected chi connectivity index (χ0v) is 11.9. The van der Waals surface area contributed by atoms with Crippen LogP contribution < -0.4 is 0 Å². The van der Waals surface area contributed by atoms with Gasteiger partial charge in [0.2, 0.25) is 0 Å². The van der Waals surface area contributed by atoms with Gasteiger partial charge in [-0.3, -0.25) is 4.57 Å². The first-order chi connectivity index (χ1) is 8.58. The molecule has 3 nitrogen and oxygen atoms in total. The molecule has 0 aliphatic carbocycles. The van der Waals surface area contributed by atoms with E-state index >= 15 is 0 Å². The molecule has 0 saturated carbocycles. The van der Waals surface area contributed by atoms with E-state index in [0.717, 1.165) is 32.8 Å². The van der Waals surface area contributed by atoms with Gasteiger partial charge >= 0.3 is 0 Å². The molecular weight excluding hydrogens is 266 g/mol. The van der Waals surface area contributed by atoms with Crippen molar-refractivity contribution >= 4 is 23.4 Å². The lowest BCUT2D eigenvalue weighted by molar-refractivity contribution is 0.884. The maximum atomic E-state index is 6.14. The molecular formula is C13H14ClN3S. The molecule has 0 bridgehead atoms. The van der Waals surface area contributed by atoms with Gasteiger partial charge in [0.1, 0.15) is 6.33 Å². The topological polar surface area (TPSA) is 30.7 Å². The number of nitrogens with zero attached hydrogens (tertiary/aromatic N) is 3. The predicted molar refractivity (Wildman–Crippen MR) is 76.6 cm³/mol. The van der Waals surface area contributed by atoms with Gasteiger partial charge in [0.15, 0.2) is 5.16 Å². The SMILES string of the molecule is C=C(C)CSc1nncn1-c1ccc(C)c(Cl)c1. The lowest BCUT2D eigenvalue weighted by Gasteiger charge is -2.07. The normalized spacial score (nSPS) is 10.6. The average Bonchev–Trinajstić information content (AvgIpc) is 2.78. The Hall–Kier alpha value is -1.26. The van der Waals surface area contributed by atoms with Gasteiger partial charge in [-0.15, -0.1) is 10.2 Å². The molecule has 0 atom stereocenters. The molecule has 0 aliphatic rings. The third-order valence-electron chi connectivity index (χ3n) is 2.40. The Balaban J connectivity index is 2.30. The maximum Gasteiger partial charge on any atom is 0.195 e. The number of rotatable bonds is 4. The van der Waals surface area contributed by atoms with Gasteiger partial charge in [-0.05, 0) is 31.5 Å². The molecule has 0 amide bonds. The van der Waals surface area contributed by atoms with Crippen LogP contribution in [0.15, 0.2) is 41.8 Å². The summed E-state index contributed by atoms with van der Waals surface area (Å²) in [5.74, 6) is 0.832. The van der Waals surface area contributed by atoms with Crippen LogP contribution in [0.1, 0.15) is 12.5 Å². The van der Waals surface area contributed by atoms with E-state index in [9.17, 15) is 0 Å². The lowest BCUT2D eigenvalue weighted by atomic mass is 10.2. The summed E-state index contributed by atoms with van der Waals surface area (Å²) in [7, 11) is 0. The van der Waals surface area contributed by atoms with Crippen molar-refractivity contribution in [3.05, 3.63) is 47.3 Å². The number of hydrogen-bond donors (Lipinski definition) is 0. The molecule has 1 heterocycles. The highest BCUT2D eigenvalue weighted by molar-refractivity contribution is 7.99. The largest absolute Gasteiger partial charge is 0.277 e. The van der Waals surface area contributed by atoms with Crippen molar-refractivity contribution in [2.24, 2.45) is 0 Å². The van der Waals surface area contributed by atoms with Crippen LogP contribution in [0.2, 0.25) is 5.02 Å². The van der Waals surface area contributed by atoms with Crippen LogP contribution in [0, 0.1) is 6.92 Å². The minimum absolute atomic E-state index is 0.747. The Kier molecular flexibility index (Phi) is 4.09. The van der Waals surface area contributed by atoms with E-state index in [1.165, 1.54) is 0 Å². The fourth-order valence-electron chi connectivity index (χ4n) is 1.42. The highest BCUT2D eigenvalue weighted by Crippen LogP contribution is 2.24. The number of aryl methyl sites for hydroxylation is 1. The van der Waals surface area contributed by atoms with E-state index in [2.05, 4.69) is 16.8 Å². The second-order valence-corrected chi connectivity index (χ2v) is 5.51. The Bertz CT molecular complexity index is 577. The smallest absolute Gasteiger partial charge is 0.195 e. The first-order valence-electron chi connectivity index (χ1n) is 5.51. The molecule has 94 valence electrons. The van der Waals surface area contributed by atoms with Crippen LogP contribution in [0.4, 0.5) is 0 Å². The van der Waals surface area contributed by atoms with Crippen LogP contribution in [0.5, 0.6) is 0 Å². The monoisotopic (exact) mass is 279 g/mol. The van der Waals surface area contributed by atoms with Crippen LogP contribution in [0.25, 0.3) is 5.69 Å². The molecule has 0 N–H and O–H groups in total. The first-order valence-corrected chi connectivity index (χ1v) is 6.88. The fraction of sp³-hybridized carbons (Fsp3) is 0.231. The second-order valence-electron chi connectivity index (χ2n) is 4.16. The van der Waals surface area contributed by atoms with Gasteiger partial charge in [0.05, 0.1) is 5.69 Å².